The van der Waals surface area contributed by atoms with Gasteiger partial charge in [0.2, 0.25) is 5.91 Å². The zero-order valence-electron chi connectivity index (χ0n) is 16.8. The molecule has 7 nitrogen and oxygen atoms in total. The number of aliphatic hydroxyl groups is 1. The van der Waals surface area contributed by atoms with E-state index in [4.69, 9.17) is 9.47 Å². The van der Waals surface area contributed by atoms with Crippen LogP contribution in [0.3, 0.4) is 0 Å². The smallest absolute Gasteiger partial charge is 0.237 e. The molecule has 1 saturated heterocycles. The molecule has 0 radical (unpaired) electrons. The average Bonchev–Trinajstić information content (AvgIpc) is 3.10. The molecule has 2 unspecified atom stereocenters. The lowest BCUT2D eigenvalue weighted by atomic mass is 10.1. The van der Waals surface area contributed by atoms with E-state index in [-0.39, 0.29) is 36.8 Å². The largest absolute Gasteiger partial charge is 0.493 e. The first kappa shape index (κ1) is 26.8. The first-order chi connectivity index (χ1) is 12.6. The van der Waals surface area contributed by atoms with Crippen molar-refractivity contribution in [2.75, 3.05) is 39.9 Å². The van der Waals surface area contributed by atoms with Crippen molar-refractivity contribution in [1.29, 1.82) is 0 Å². The molecule has 0 aliphatic carbocycles. The number of ether oxygens (including phenoxy) is 2. The van der Waals surface area contributed by atoms with Gasteiger partial charge in [0, 0.05) is 19.6 Å². The lowest BCUT2D eigenvalue weighted by molar-refractivity contribution is -0.123. The predicted octanol–water partition coefficient (Wildman–Crippen LogP) is 1.60. The fourth-order valence-corrected chi connectivity index (χ4v) is 2.99. The Morgan fingerprint density at radius 3 is 2.57 bits per heavy atom. The molecule has 28 heavy (non-hydrogen) atoms. The minimum absolute atomic E-state index is 0. The highest BCUT2D eigenvalue weighted by Gasteiger charge is 2.27. The Morgan fingerprint density at radius 1 is 1.29 bits per heavy atom. The molecule has 1 aliphatic heterocycles. The van der Waals surface area contributed by atoms with Crippen LogP contribution >= 0.6 is 24.8 Å². The maximum Gasteiger partial charge on any atom is 0.237 e. The van der Waals surface area contributed by atoms with E-state index in [2.05, 4.69) is 29.4 Å². The zero-order valence-corrected chi connectivity index (χ0v) is 18.4. The number of rotatable bonds is 10. The van der Waals surface area contributed by atoms with Crippen LogP contribution in [0.5, 0.6) is 11.5 Å². The van der Waals surface area contributed by atoms with Gasteiger partial charge in [-0.3, -0.25) is 4.79 Å². The van der Waals surface area contributed by atoms with Crippen molar-refractivity contribution in [1.82, 2.24) is 15.5 Å². The first-order valence-corrected chi connectivity index (χ1v) is 9.28. The Kier molecular flexibility index (Phi) is 13.2. The summed E-state index contributed by atoms with van der Waals surface area (Å²) in [5.74, 6) is 1.26. The molecule has 1 aromatic rings. The van der Waals surface area contributed by atoms with Crippen molar-refractivity contribution in [3.05, 3.63) is 23.8 Å². The molecule has 1 aromatic carbocycles. The standard InChI is InChI=1S/C19H31N3O4.2ClH/c1-4-22(5-2)8-9-26-17-7-6-14(10-18(17)25-3)12-21-19(24)16-11-15(23)13-20-16;;/h6-7,10,15-16,20,23H,4-5,8-9,11-13H2,1-3H3,(H,21,24);2*1H. The van der Waals surface area contributed by atoms with Gasteiger partial charge in [0.1, 0.15) is 6.61 Å². The molecule has 3 N–H and O–H groups in total. The third kappa shape index (κ3) is 8.01. The number of halogens is 2. The summed E-state index contributed by atoms with van der Waals surface area (Å²) in [4.78, 5) is 14.4. The van der Waals surface area contributed by atoms with E-state index in [1.165, 1.54) is 0 Å². The number of methoxy groups -OCH3 is 1. The van der Waals surface area contributed by atoms with Gasteiger partial charge in [-0.1, -0.05) is 19.9 Å². The number of likely N-dealkylation sites (N-methyl/N-ethyl adjacent to an activating group) is 1. The molecule has 1 aliphatic rings. The van der Waals surface area contributed by atoms with E-state index in [1.54, 1.807) is 7.11 Å². The number of nitrogens with zero attached hydrogens (tertiary/aromatic N) is 1. The van der Waals surface area contributed by atoms with Crippen LogP contribution in [-0.4, -0.2) is 68.0 Å². The topological polar surface area (TPSA) is 83.1 Å². The summed E-state index contributed by atoms with van der Waals surface area (Å²) < 4.78 is 11.3. The fourth-order valence-electron chi connectivity index (χ4n) is 2.99. The molecular formula is C19H33Cl2N3O4. The van der Waals surface area contributed by atoms with Crippen LogP contribution in [0.15, 0.2) is 18.2 Å². The summed E-state index contributed by atoms with van der Waals surface area (Å²) in [7, 11) is 1.61. The van der Waals surface area contributed by atoms with E-state index in [1.807, 2.05) is 18.2 Å². The monoisotopic (exact) mass is 437 g/mol. The quantitative estimate of drug-likeness (QED) is 0.515. The molecule has 0 aromatic heterocycles. The second kappa shape index (κ2) is 13.8. The maximum atomic E-state index is 12.1. The van der Waals surface area contributed by atoms with Gasteiger partial charge in [-0.2, -0.15) is 0 Å². The van der Waals surface area contributed by atoms with Gasteiger partial charge in [0.15, 0.2) is 11.5 Å². The third-order valence-electron chi connectivity index (χ3n) is 4.68. The van der Waals surface area contributed by atoms with Gasteiger partial charge in [-0.25, -0.2) is 0 Å². The molecule has 9 heteroatoms. The molecule has 2 rings (SSSR count). The number of carbonyl (C=O) groups is 1. The number of carbonyl (C=O) groups excluding carboxylic acids is 1. The minimum Gasteiger partial charge on any atom is -0.493 e. The first-order valence-electron chi connectivity index (χ1n) is 9.28. The Hall–Kier alpha value is -1.25. The second-order valence-electron chi connectivity index (χ2n) is 6.43. The van der Waals surface area contributed by atoms with Gasteiger partial charge >= 0.3 is 0 Å². The van der Waals surface area contributed by atoms with E-state index >= 15 is 0 Å². The van der Waals surface area contributed by atoms with Gasteiger partial charge in [-0.15, -0.1) is 24.8 Å². The van der Waals surface area contributed by atoms with Crippen LogP contribution in [0, 0.1) is 0 Å². The van der Waals surface area contributed by atoms with E-state index in [9.17, 15) is 9.90 Å². The van der Waals surface area contributed by atoms with Crippen molar-refractivity contribution in [3.63, 3.8) is 0 Å². The summed E-state index contributed by atoms with van der Waals surface area (Å²) in [5, 5.41) is 15.4. The molecule has 2 atom stereocenters. The maximum absolute atomic E-state index is 12.1. The summed E-state index contributed by atoms with van der Waals surface area (Å²) in [6.07, 6.45) is 0.00712. The number of nitrogens with one attached hydrogen (secondary N) is 2. The highest BCUT2D eigenvalue weighted by atomic mass is 35.5. The number of amides is 1. The molecule has 0 spiro atoms. The number of hydrogen-bond donors (Lipinski definition) is 3. The van der Waals surface area contributed by atoms with Crippen LogP contribution in [0.25, 0.3) is 0 Å². The Labute approximate surface area is 180 Å². The summed E-state index contributed by atoms with van der Waals surface area (Å²) >= 11 is 0. The number of hydrogen-bond acceptors (Lipinski definition) is 6. The van der Waals surface area contributed by atoms with Gasteiger partial charge in [-0.05, 0) is 37.2 Å². The van der Waals surface area contributed by atoms with Gasteiger partial charge in [0.25, 0.3) is 0 Å². The SMILES string of the molecule is CCN(CC)CCOc1ccc(CNC(=O)C2CC(O)CN2)cc1OC.Cl.Cl. The lowest BCUT2D eigenvalue weighted by Crippen LogP contribution is -2.40. The van der Waals surface area contributed by atoms with Gasteiger partial charge < -0.3 is 30.1 Å². The molecule has 0 saturated carbocycles. The van der Waals surface area contributed by atoms with Crippen LogP contribution in [-0.2, 0) is 11.3 Å². The Balaban J connectivity index is 0.00000364. The minimum atomic E-state index is -0.446. The van der Waals surface area contributed by atoms with Crippen molar-refractivity contribution in [2.45, 2.75) is 39.0 Å². The molecule has 1 fully saturated rings. The normalized spacial score (nSPS) is 18.2. The molecular weight excluding hydrogens is 405 g/mol. The summed E-state index contributed by atoms with van der Waals surface area (Å²) in [5.41, 5.74) is 0.935. The number of aliphatic hydroxyl groups excluding tert-OH is 1. The van der Waals surface area contributed by atoms with Crippen molar-refractivity contribution >= 4 is 30.7 Å². The average molecular weight is 438 g/mol. The molecule has 0 bridgehead atoms. The van der Waals surface area contributed by atoms with Crippen LogP contribution in [0.4, 0.5) is 0 Å². The fraction of sp³-hybridized carbons (Fsp3) is 0.632. The summed E-state index contributed by atoms with van der Waals surface area (Å²) in [6.45, 7) is 8.61. The van der Waals surface area contributed by atoms with Crippen molar-refractivity contribution in [2.24, 2.45) is 0 Å². The van der Waals surface area contributed by atoms with Crippen molar-refractivity contribution in [3.8, 4) is 11.5 Å². The van der Waals surface area contributed by atoms with E-state index < -0.39 is 6.10 Å². The second-order valence-corrected chi connectivity index (χ2v) is 6.43. The number of β-amino-alcohol motifs (C(OH)–C–C–N with tert-alkyl or cyclic N) is 1. The highest BCUT2D eigenvalue weighted by molar-refractivity contribution is 5.85. The molecule has 162 valence electrons. The van der Waals surface area contributed by atoms with Crippen molar-refractivity contribution < 1.29 is 19.4 Å². The number of benzene rings is 1. The van der Waals surface area contributed by atoms with Crippen LogP contribution in [0.1, 0.15) is 25.8 Å². The van der Waals surface area contributed by atoms with E-state index in [0.29, 0.717) is 37.6 Å². The third-order valence-corrected chi connectivity index (χ3v) is 4.68. The van der Waals surface area contributed by atoms with Crippen LogP contribution in [0.2, 0.25) is 0 Å². The van der Waals surface area contributed by atoms with Crippen LogP contribution < -0.4 is 20.1 Å². The summed E-state index contributed by atoms with van der Waals surface area (Å²) in [6, 6.07) is 5.35. The van der Waals surface area contributed by atoms with E-state index in [0.717, 1.165) is 25.2 Å². The lowest BCUT2D eigenvalue weighted by Gasteiger charge is -2.19. The van der Waals surface area contributed by atoms with Gasteiger partial charge in [0.05, 0.1) is 19.3 Å². The Morgan fingerprint density at radius 2 is 2.00 bits per heavy atom. The molecule has 1 heterocycles. The predicted molar refractivity (Wildman–Crippen MR) is 115 cm³/mol. The Bertz CT molecular complexity index is 588. The highest BCUT2D eigenvalue weighted by Crippen LogP contribution is 2.28. The molecule has 1 amide bonds. The zero-order chi connectivity index (χ0) is 18.9.